The molecule has 32 heavy (non-hydrogen) atoms. The van der Waals surface area contributed by atoms with Crippen molar-refractivity contribution in [2.45, 2.75) is 58.2 Å². The summed E-state index contributed by atoms with van der Waals surface area (Å²) >= 11 is 0. The second kappa shape index (κ2) is 9.32. The first-order valence-corrected chi connectivity index (χ1v) is 11.2. The smallest absolute Gasteiger partial charge is 0.252 e. The molecule has 1 N–H and O–H groups in total. The Hall–Kier alpha value is -2.87. The summed E-state index contributed by atoms with van der Waals surface area (Å²) in [6.07, 6.45) is 2.44. The second-order valence-corrected chi connectivity index (χ2v) is 8.54. The van der Waals surface area contributed by atoms with Crippen molar-refractivity contribution in [3.05, 3.63) is 64.1 Å². The minimum Gasteiger partial charge on any atom is -0.348 e. The fraction of sp³-hybridized carbons (Fsp3) is 0.458. The van der Waals surface area contributed by atoms with Gasteiger partial charge in [-0.15, -0.1) is 0 Å². The van der Waals surface area contributed by atoms with E-state index in [-0.39, 0.29) is 24.4 Å². The molecule has 170 valence electrons. The summed E-state index contributed by atoms with van der Waals surface area (Å²) < 4.78 is 28.4. The van der Waals surface area contributed by atoms with Crippen LogP contribution < -0.4 is 10.9 Å². The molecule has 1 aromatic carbocycles. The van der Waals surface area contributed by atoms with Crippen molar-refractivity contribution in [2.75, 3.05) is 18.4 Å². The van der Waals surface area contributed by atoms with Gasteiger partial charge in [0, 0.05) is 56.7 Å². The minimum absolute atomic E-state index is 0.0368. The molecule has 2 aromatic heterocycles. The van der Waals surface area contributed by atoms with Crippen LogP contribution in [0, 0.1) is 0 Å². The van der Waals surface area contributed by atoms with Gasteiger partial charge in [0.05, 0.1) is 6.04 Å². The van der Waals surface area contributed by atoms with E-state index in [1.54, 1.807) is 22.9 Å². The quantitative estimate of drug-likeness (QED) is 0.580. The van der Waals surface area contributed by atoms with Crippen molar-refractivity contribution in [1.29, 1.82) is 0 Å². The van der Waals surface area contributed by atoms with Gasteiger partial charge in [0.15, 0.2) is 0 Å². The lowest BCUT2D eigenvalue weighted by Crippen LogP contribution is -2.38. The van der Waals surface area contributed by atoms with Gasteiger partial charge in [-0.05, 0) is 30.5 Å². The first kappa shape index (κ1) is 22.3. The molecule has 1 unspecified atom stereocenters. The first-order valence-electron chi connectivity index (χ1n) is 11.2. The van der Waals surface area contributed by atoms with Gasteiger partial charge in [0.25, 0.3) is 11.5 Å². The van der Waals surface area contributed by atoms with Crippen molar-refractivity contribution in [2.24, 2.45) is 0 Å². The molecular weight excluding hydrogens is 412 g/mol. The summed E-state index contributed by atoms with van der Waals surface area (Å²) in [6.45, 7) is 6.20. The van der Waals surface area contributed by atoms with Gasteiger partial charge in [-0.3, -0.25) is 14.3 Å². The van der Waals surface area contributed by atoms with E-state index < -0.39 is 5.92 Å². The van der Waals surface area contributed by atoms with Crippen LogP contribution in [0.25, 0.3) is 11.0 Å². The Morgan fingerprint density at radius 2 is 1.84 bits per heavy atom. The number of rotatable bonds is 7. The summed E-state index contributed by atoms with van der Waals surface area (Å²) in [5.74, 6) is -2.05. The molecule has 3 aromatic rings. The van der Waals surface area contributed by atoms with E-state index >= 15 is 0 Å². The van der Waals surface area contributed by atoms with E-state index in [1.165, 1.54) is 0 Å². The normalized spacial score (nSPS) is 17.4. The predicted octanol–water partition coefficient (Wildman–Crippen LogP) is 4.61. The highest BCUT2D eigenvalue weighted by Crippen LogP contribution is 2.28. The zero-order valence-electron chi connectivity index (χ0n) is 18.5. The lowest BCUT2D eigenvalue weighted by Gasteiger charge is -2.31. The topological polar surface area (TPSA) is 63.1 Å². The maximum atomic E-state index is 13.3. The Balaban J connectivity index is 1.43. The van der Waals surface area contributed by atoms with Gasteiger partial charge in [0.2, 0.25) is 5.95 Å². The van der Waals surface area contributed by atoms with E-state index in [0.717, 1.165) is 22.9 Å². The van der Waals surface area contributed by atoms with Gasteiger partial charge in [-0.2, -0.15) is 4.98 Å². The van der Waals surface area contributed by atoms with E-state index in [4.69, 9.17) is 0 Å². The molecule has 1 aliphatic rings. The highest BCUT2D eigenvalue weighted by molar-refractivity contribution is 5.75. The zero-order chi connectivity index (χ0) is 22.7. The Bertz CT molecular complexity index is 1120. The fourth-order valence-electron chi connectivity index (χ4n) is 4.07. The number of piperidine rings is 1. The lowest BCUT2D eigenvalue weighted by molar-refractivity contribution is -0.0566. The summed E-state index contributed by atoms with van der Waals surface area (Å²) in [5, 5.41) is 4.15. The third-order valence-corrected chi connectivity index (χ3v) is 5.99. The molecule has 8 heteroatoms. The Kier molecular flexibility index (Phi) is 6.50. The van der Waals surface area contributed by atoms with Crippen LogP contribution in [0.4, 0.5) is 14.7 Å². The molecule has 0 saturated carbocycles. The molecule has 0 radical (unpaired) electrons. The number of pyridine rings is 1. The predicted molar refractivity (Wildman–Crippen MR) is 122 cm³/mol. The van der Waals surface area contributed by atoms with Gasteiger partial charge < -0.3 is 5.32 Å². The maximum absolute atomic E-state index is 13.3. The Labute approximate surface area is 186 Å². The highest BCUT2D eigenvalue weighted by atomic mass is 19.3. The number of alkyl halides is 2. The number of hydrogen-bond donors (Lipinski definition) is 1. The number of fused-ring (bicyclic) bond motifs is 1. The monoisotopic (exact) mass is 441 g/mol. The van der Waals surface area contributed by atoms with Crippen molar-refractivity contribution < 1.29 is 8.78 Å². The first-order chi connectivity index (χ1) is 15.3. The number of aryl methyl sites for hydroxylation is 1. The highest BCUT2D eigenvalue weighted by Gasteiger charge is 2.33. The number of hydrogen-bond acceptors (Lipinski definition) is 5. The molecular formula is C24H29F2N5O. The van der Waals surface area contributed by atoms with Crippen LogP contribution in [0.15, 0.2) is 47.4 Å². The lowest BCUT2D eigenvalue weighted by atomic mass is 10.0. The standard InChI is InChI=1S/C24H29F2N5O/c1-3-12-31-21(32)9-8-20-15-27-23(29-22(20)31)28-17(2)19-6-4-18(5-7-19)16-30-13-10-24(25,26)11-14-30/h4-9,15,17H,3,10-14,16H2,1-2H3,(H,27,28,29). The molecule has 0 bridgehead atoms. The zero-order valence-corrected chi connectivity index (χ0v) is 18.5. The third-order valence-electron chi connectivity index (χ3n) is 5.99. The van der Waals surface area contributed by atoms with Gasteiger partial charge in [-0.1, -0.05) is 31.2 Å². The number of anilines is 1. The molecule has 1 fully saturated rings. The number of benzene rings is 1. The second-order valence-electron chi connectivity index (χ2n) is 8.54. The minimum atomic E-state index is -2.52. The number of likely N-dealkylation sites (tertiary alicyclic amines) is 1. The van der Waals surface area contributed by atoms with Crippen LogP contribution >= 0.6 is 0 Å². The molecule has 1 saturated heterocycles. The molecule has 6 nitrogen and oxygen atoms in total. The average Bonchev–Trinajstić information content (AvgIpc) is 2.78. The summed E-state index contributed by atoms with van der Waals surface area (Å²) in [6, 6.07) is 11.4. The molecule has 0 amide bonds. The third kappa shape index (κ3) is 5.12. The number of aromatic nitrogens is 3. The van der Waals surface area contributed by atoms with Crippen molar-refractivity contribution in [3.63, 3.8) is 0 Å². The summed E-state index contributed by atoms with van der Waals surface area (Å²) in [4.78, 5) is 23.3. The number of nitrogens with one attached hydrogen (secondary N) is 1. The molecule has 0 spiro atoms. The van der Waals surface area contributed by atoms with E-state index in [2.05, 4.69) is 20.2 Å². The molecule has 4 rings (SSSR count). The molecule has 0 aliphatic carbocycles. The van der Waals surface area contributed by atoms with Crippen molar-refractivity contribution in [1.82, 2.24) is 19.4 Å². The Morgan fingerprint density at radius 3 is 2.53 bits per heavy atom. The van der Waals surface area contributed by atoms with Crippen LogP contribution in [0.1, 0.15) is 50.3 Å². The van der Waals surface area contributed by atoms with Crippen LogP contribution in [0.2, 0.25) is 0 Å². The molecule has 3 heterocycles. The van der Waals surface area contributed by atoms with Gasteiger partial charge in [0.1, 0.15) is 5.65 Å². The fourth-order valence-corrected chi connectivity index (χ4v) is 4.07. The maximum Gasteiger partial charge on any atom is 0.252 e. The summed E-state index contributed by atoms with van der Waals surface area (Å²) in [7, 11) is 0. The molecule has 1 atom stereocenters. The average molecular weight is 442 g/mol. The van der Waals surface area contributed by atoms with E-state index in [0.29, 0.717) is 37.8 Å². The van der Waals surface area contributed by atoms with Gasteiger partial charge >= 0.3 is 0 Å². The van der Waals surface area contributed by atoms with Crippen molar-refractivity contribution >= 4 is 17.0 Å². The van der Waals surface area contributed by atoms with Crippen LogP contribution in [0.5, 0.6) is 0 Å². The van der Waals surface area contributed by atoms with Crippen LogP contribution in [0.3, 0.4) is 0 Å². The molecule has 1 aliphatic heterocycles. The van der Waals surface area contributed by atoms with Crippen molar-refractivity contribution in [3.8, 4) is 0 Å². The van der Waals surface area contributed by atoms with E-state index in [9.17, 15) is 13.6 Å². The number of nitrogens with zero attached hydrogens (tertiary/aromatic N) is 4. The SMILES string of the molecule is CCCn1c(=O)ccc2cnc(NC(C)c3ccc(CN4CCC(F)(F)CC4)cc3)nc21. The largest absolute Gasteiger partial charge is 0.348 e. The van der Waals surface area contributed by atoms with Crippen LogP contribution in [-0.2, 0) is 13.1 Å². The summed E-state index contributed by atoms with van der Waals surface area (Å²) in [5.41, 5.74) is 2.75. The van der Waals surface area contributed by atoms with Crippen LogP contribution in [-0.4, -0.2) is 38.4 Å². The number of halogens is 2. The Morgan fingerprint density at radius 1 is 1.12 bits per heavy atom. The van der Waals surface area contributed by atoms with E-state index in [1.807, 2.05) is 38.1 Å². The van der Waals surface area contributed by atoms with Gasteiger partial charge in [-0.25, -0.2) is 13.8 Å².